The van der Waals surface area contributed by atoms with Crippen molar-refractivity contribution in [3.63, 3.8) is 0 Å². The second-order valence-electron chi connectivity index (χ2n) is 2.84. The van der Waals surface area contributed by atoms with Crippen LogP contribution in [0.25, 0.3) is 0 Å². The molecule has 1 N–H and O–H groups in total. The molecule has 15 heavy (non-hydrogen) atoms. The van der Waals surface area contributed by atoms with Crippen molar-refractivity contribution in [2.24, 2.45) is 0 Å². The molecule has 0 spiro atoms. The van der Waals surface area contributed by atoms with Crippen molar-refractivity contribution in [1.29, 1.82) is 0 Å². The molecule has 0 radical (unpaired) electrons. The summed E-state index contributed by atoms with van der Waals surface area (Å²) in [6, 6.07) is 3.28. The predicted molar refractivity (Wildman–Crippen MR) is 51.6 cm³/mol. The highest BCUT2D eigenvalue weighted by Crippen LogP contribution is 2.26. The minimum Gasteiger partial charge on any atom is -0.392 e. The van der Waals surface area contributed by atoms with E-state index in [1.807, 2.05) is 0 Å². The van der Waals surface area contributed by atoms with Gasteiger partial charge in [0.2, 0.25) is 0 Å². The lowest BCUT2D eigenvalue weighted by Gasteiger charge is -2.07. The van der Waals surface area contributed by atoms with E-state index in [4.69, 9.17) is 5.11 Å². The zero-order valence-electron chi connectivity index (χ0n) is 7.79. The lowest BCUT2D eigenvalue weighted by molar-refractivity contribution is -0.129. The van der Waals surface area contributed by atoms with Crippen LogP contribution >= 0.6 is 11.8 Å². The zero-order valence-corrected chi connectivity index (χ0v) is 8.61. The molecule has 1 rings (SSSR count). The molecule has 6 heteroatoms. The third kappa shape index (κ3) is 4.53. The number of alkyl halides is 3. The fraction of sp³-hybridized carbons (Fsp3) is 0.444. The van der Waals surface area contributed by atoms with Crippen LogP contribution in [0.3, 0.4) is 0 Å². The van der Waals surface area contributed by atoms with E-state index in [9.17, 15) is 13.2 Å². The number of aromatic nitrogens is 1. The van der Waals surface area contributed by atoms with E-state index in [0.29, 0.717) is 10.6 Å². The first-order valence-corrected chi connectivity index (χ1v) is 5.26. The molecule has 0 aromatic carbocycles. The van der Waals surface area contributed by atoms with Gasteiger partial charge in [-0.05, 0) is 6.07 Å². The number of nitrogens with zero attached hydrogens (tertiary/aromatic N) is 1. The third-order valence-electron chi connectivity index (χ3n) is 1.64. The molecule has 0 aliphatic heterocycles. The number of halogens is 3. The van der Waals surface area contributed by atoms with Gasteiger partial charge in [-0.25, -0.2) is 4.98 Å². The van der Waals surface area contributed by atoms with Gasteiger partial charge in [0.25, 0.3) is 0 Å². The van der Waals surface area contributed by atoms with Crippen molar-refractivity contribution < 1.29 is 18.3 Å². The molecule has 2 nitrogen and oxygen atoms in total. The lowest BCUT2D eigenvalue weighted by Crippen LogP contribution is -2.08. The molecular weight excluding hydrogens is 227 g/mol. The fourth-order valence-electron chi connectivity index (χ4n) is 0.938. The molecular formula is C9H10F3NOS. The van der Waals surface area contributed by atoms with Gasteiger partial charge >= 0.3 is 6.18 Å². The molecule has 0 atom stereocenters. The Balaban J connectivity index is 2.50. The fourth-order valence-corrected chi connectivity index (χ4v) is 1.92. The zero-order chi connectivity index (χ0) is 11.3. The van der Waals surface area contributed by atoms with Crippen LogP contribution in [0.5, 0.6) is 0 Å². The average Bonchev–Trinajstić information content (AvgIpc) is 2.16. The van der Waals surface area contributed by atoms with Crippen LogP contribution in [0.1, 0.15) is 12.0 Å². The summed E-state index contributed by atoms with van der Waals surface area (Å²) in [5.74, 6) is -0.0759. The SMILES string of the molecule is OCc1cccnc1SCCC(F)(F)F. The van der Waals surface area contributed by atoms with Crippen molar-refractivity contribution in [3.05, 3.63) is 23.9 Å². The average molecular weight is 237 g/mol. The molecule has 0 unspecified atom stereocenters. The molecule has 1 aromatic heterocycles. The van der Waals surface area contributed by atoms with Gasteiger partial charge in [-0.2, -0.15) is 13.2 Å². The molecule has 0 bridgehead atoms. The highest BCUT2D eigenvalue weighted by atomic mass is 32.2. The smallest absolute Gasteiger partial charge is 0.389 e. The summed E-state index contributed by atoms with van der Waals surface area (Å²) in [4.78, 5) is 3.90. The molecule has 0 fully saturated rings. The van der Waals surface area contributed by atoms with E-state index in [1.165, 1.54) is 6.20 Å². The highest BCUT2D eigenvalue weighted by molar-refractivity contribution is 7.99. The van der Waals surface area contributed by atoms with E-state index in [2.05, 4.69) is 4.98 Å². The third-order valence-corrected chi connectivity index (χ3v) is 2.69. The van der Waals surface area contributed by atoms with Crippen LogP contribution in [-0.2, 0) is 6.61 Å². The van der Waals surface area contributed by atoms with Crippen LogP contribution < -0.4 is 0 Å². The van der Waals surface area contributed by atoms with Crippen LogP contribution in [-0.4, -0.2) is 22.0 Å². The quantitative estimate of drug-likeness (QED) is 0.817. The minimum atomic E-state index is -4.14. The Labute approximate surface area is 89.5 Å². The van der Waals surface area contributed by atoms with Crippen LogP contribution in [0.4, 0.5) is 13.2 Å². The standard InChI is InChI=1S/C9H10F3NOS/c10-9(11,12)3-5-15-8-7(6-14)2-1-4-13-8/h1-2,4,14H,3,5-6H2. The lowest BCUT2D eigenvalue weighted by atomic mass is 10.3. The second kappa shape index (κ2) is 5.37. The summed E-state index contributed by atoms with van der Waals surface area (Å²) in [5.41, 5.74) is 0.560. The first-order chi connectivity index (χ1) is 7.03. The van der Waals surface area contributed by atoms with Crippen molar-refractivity contribution in [2.75, 3.05) is 5.75 Å². The van der Waals surface area contributed by atoms with Crippen molar-refractivity contribution >= 4 is 11.8 Å². The number of aliphatic hydroxyl groups is 1. The summed E-state index contributed by atoms with van der Waals surface area (Å²) in [7, 11) is 0. The topological polar surface area (TPSA) is 33.1 Å². The Hall–Kier alpha value is -0.750. The Morgan fingerprint density at radius 2 is 2.13 bits per heavy atom. The summed E-state index contributed by atoms with van der Waals surface area (Å²) in [6.45, 7) is -0.206. The molecule has 1 heterocycles. The molecule has 0 amide bonds. The van der Waals surface area contributed by atoms with E-state index >= 15 is 0 Å². The number of aliphatic hydroxyl groups excluding tert-OH is 1. The number of pyridine rings is 1. The summed E-state index contributed by atoms with van der Waals surface area (Å²) in [5, 5.41) is 9.36. The van der Waals surface area contributed by atoms with Crippen molar-refractivity contribution in [1.82, 2.24) is 4.98 Å². The van der Waals surface area contributed by atoms with Gasteiger partial charge < -0.3 is 5.11 Å². The number of rotatable bonds is 4. The minimum absolute atomic E-state index is 0.0759. The Bertz CT molecular complexity index is 316. The van der Waals surface area contributed by atoms with Gasteiger partial charge in [0, 0.05) is 17.5 Å². The summed E-state index contributed by atoms with van der Waals surface area (Å²) < 4.78 is 35.6. The maximum Gasteiger partial charge on any atom is 0.389 e. The van der Waals surface area contributed by atoms with Crippen LogP contribution in [0.2, 0.25) is 0 Å². The first kappa shape index (κ1) is 12.3. The molecule has 1 aromatic rings. The summed E-state index contributed by atoms with van der Waals surface area (Å²) in [6.07, 6.45) is -3.49. The molecule has 84 valence electrons. The van der Waals surface area contributed by atoms with Gasteiger partial charge in [0.1, 0.15) is 5.03 Å². The van der Waals surface area contributed by atoms with Gasteiger partial charge in [-0.1, -0.05) is 6.07 Å². The Morgan fingerprint density at radius 3 is 2.73 bits per heavy atom. The van der Waals surface area contributed by atoms with E-state index in [-0.39, 0.29) is 12.4 Å². The second-order valence-corrected chi connectivity index (χ2v) is 3.92. The molecule has 0 aliphatic carbocycles. The maximum atomic E-state index is 11.9. The molecule has 0 saturated heterocycles. The van der Waals surface area contributed by atoms with Gasteiger partial charge in [0.15, 0.2) is 0 Å². The van der Waals surface area contributed by atoms with E-state index in [1.54, 1.807) is 12.1 Å². The van der Waals surface area contributed by atoms with Crippen LogP contribution in [0, 0.1) is 0 Å². The van der Waals surface area contributed by atoms with Gasteiger partial charge in [0.05, 0.1) is 13.0 Å². The monoisotopic (exact) mass is 237 g/mol. The van der Waals surface area contributed by atoms with E-state index < -0.39 is 12.6 Å². The van der Waals surface area contributed by atoms with Crippen molar-refractivity contribution in [2.45, 2.75) is 24.2 Å². The maximum absolute atomic E-state index is 11.9. The predicted octanol–water partition coefficient (Wildman–Crippen LogP) is 2.62. The molecule has 0 saturated carbocycles. The number of thioether (sulfide) groups is 1. The summed E-state index contributed by atoms with van der Waals surface area (Å²) >= 11 is 1.01. The van der Waals surface area contributed by atoms with E-state index in [0.717, 1.165) is 11.8 Å². The largest absolute Gasteiger partial charge is 0.392 e. The Kier molecular flexibility index (Phi) is 4.41. The number of hydrogen-bond donors (Lipinski definition) is 1. The number of hydrogen-bond acceptors (Lipinski definition) is 3. The van der Waals surface area contributed by atoms with Gasteiger partial charge in [-0.15, -0.1) is 11.8 Å². The van der Waals surface area contributed by atoms with Gasteiger partial charge in [-0.3, -0.25) is 0 Å². The van der Waals surface area contributed by atoms with Crippen LogP contribution in [0.15, 0.2) is 23.4 Å². The van der Waals surface area contributed by atoms with Crippen molar-refractivity contribution in [3.8, 4) is 0 Å². The first-order valence-electron chi connectivity index (χ1n) is 4.27. The highest BCUT2D eigenvalue weighted by Gasteiger charge is 2.26. The normalized spacial score (nSPS) is 11.7. The molecule has 0 aliphatic rings. The Morgan fingerprint density at radius 1 is 1.40 bits per heavy atom.